The zero-order chi connectivity index (χ0) is 31.1. The highest BCUT2D eigenvalue weighted by Crippen LogP contribution is 2.20. The van der Waals surface area contributed by atoms with E-state index in [9.17, 15) is 0 Å². The minimum Gasteiger partial charge on any atom is -0.497 e. The molecule has 0 bridgehead atoms. The van der Waals surface area contributed by atoms with E-state index in [4.69, 9.17) is 18.9 Å². The van der Waals surface area contributed by atoms with Gasteiger partial charge in [0, 0.05) is 18.1 Å². The van der Waals surface area contributed by atoms with E-state index < -0.39 is 0 Å². The van der Waals surface area contributed by atoms with Crippen LogP contribution in [0.1, 0.15) is 11.1 Å². The minimum absolute atomic E-state index is 0.538. The molecule has 0 aliphatic rings. The van der Waals surface area contributed by atoms with Gasteiger partial charge in [0.05, 0.1) is 38.7 Å². The number of aliphatic imine (C=N–C) groups is 2. The van der Waals surface area contributed by atoms with Crippen molar-refractivity contribution >= 4 is 29.5 Å². The van der Waals surface area contributed by atoms with Gasteiger partial charge in [0.15, 0.2) is 0 Å². The molecule has 0 saturated heterocycles. The Morgan fingerprint density at radius 1 is 0.489 bits per heavy atom. The molecule has 5 aromatic carbocycles. The van der Waals surface area contributed by atoms with Gasteiger partial charge >= 0.3 is 0 Å². The Labute approximate surface area is 265 Å². The first kappa shape index (κ1) is 30.9. The van der Waals surface area contributed by atoms with Crippen molar-refractivity contribution in [1.82, 2.24) is 0 Å². The van der Waals surface area contributed by atoms with E-state index in [1.54, 1.807) is 14.2 Å². The number of rotatable bonds is 15. The van der Waals surface area contributed by atoms with E-state index in [-0.39, 0.29) is 0 Å². The third kappa shape index (κ3) is 9.73. The van der Waals surface area contributed by atoms with Gasteiger partial charge in [-0.1, -0.05) is 18.2 Å². The fourth-order valence-corrected chi connectivity index (χ4v) is 4.49. The highest BCUT2D eigenvalue weighted by atomic mass is 16.5. The Bertz CT molecular complexity index is 1530. The lowest BCUT2D eigenvalue weighted by atomic mass is 10.2. The van der Waals surface area contributed by atoms with Gasteiger partial charge in [-0.05, 0) is 120 Å². The van der Waals surface area contributed by atoms with Crippen LogP contribution < -0.4 is 23.8 Å². The van der Waals surface area contributed by atoms with Crippen LogP contribution in [0.5, 0.6) is 23.0 Å². The highest BCUT2D eigenvalue weighted by Gasteiger charge is 2.08. The molecule has 0 heterocycles. The molecular formula is C38H37N3O4. The Morgan fingerprint density at radius 2 is 0.889 bits per heavy atom. The van der Waals surface area contributed by atoms with Crippen LogP contribution >= 0.6 is 0 Å². The van der Waals surface area contributed by atoms with Crippen molar-refractivity contribution in [3.63, 3.8) is 0 Å². The topological polar surface area (TPSA) is 64.9 Å². The van der Waals surface area contributed by atoms with Crippen LogP contribution in [-0.4, -0.2) is 53.0 Å². The lowest BCUT2D eigenvalue weighted by molar-refractivity contribution is 0.303. The largest absolute Gasteiger partial charge is 0.497 e. The second-order valence-corrected chi connectivity index (χ2v) is 10.1. The van der Waals surface area contributed by atoms with E-state index in [0.717, 1.165) is 64.3 Å². The van der Waals surface area contributed by atoms with Crippen LogP contribution in [0.15, 0.2) is 137 Å². The van der Waals surface area contributed by atoms with Gasteiger partial charge in [-0.2, -0.15) is 0 Å². The maximum atomic E-state index is 6.09. The molecule has 7 heteroatoms. The van der Waals surface area contributed by atoms with Crippen LogP contribution in [0.3, 0.4) is 0 Å². The number of benzene rings is 5. The van der Waals surface area contributed by atoms with Gasteiger partial charge in [0.2, 0.25) is 0 Å². The zero-order valence-corrected chi connectivity index (χ0v) is 25.6. The summed E-state index contributed by atoms with van der Waals surface area (Å²) in [6.07, 6.45) is 3.68. The summed E-state index contributed by atoms with van der Waals surface area (Å²) in [6.45, 7) is 2.51. The molecule has 0 atom stereocenters. The molecule has 0 radical (unpaired) electrons. The van der Waals surface area contributed by atoms with Crippen molar-refractivity contribution in [2.75, 3.05) is 45.4 Å². The molecule has 5 rings (SSSR count). The molecule has 0 aliphatic heterocycles. The SMILES string of the molecule is COc1ccc(N=Cc2ccc(OCCN(CCOc3ccc(C=Nc4ccc(OC)cc4)cc3)c3ccccc3)cc2)cc1. The third-order valence-electron chi connectivity index (χ3n) is 7.01. The summed E-state index contributed by atoms with van der Waals surface area (Å²) in [5, 5.41) is 0. The lowest BCUT2D eigenvalue weighted by Crippen LogP contribution is -2.32. The number of hydrogen-bond acceptors (Lipinski definition) is 7. The maximum absolute atomic E-state index is 6.09. The Kier molecular flexibility index (Phi) is 11.2. The highest BCUT2D eigenvalue weighted by molar-refractivity contribution is 5.82. The van der Waals surface area contributed by atoms with Crippen molar-refractivity contribution in [3.05, 3.63) is 139 Å². The van der Waals surface area contributed by atoms with Crippen LogP contribution in [0, 0.1) is 0 Å². The summed E-state index contributed by atoms with van der Waals surface area (Å²) in [6, 6.07) is 41.5. The Morgan fingerprint density at radius 3 is 1.29 bits per heavy atom. The van der Waals surface area contributed by atoms with Gasteiger partial charge in [0.25, 0.3) is 0 Å². The minimum atomic E-state index is 0.538. The van der Waals surface area contributed by atoms with Crippen molar-refractivity contribution in [2.45, 2.75) is 0 Å². The van der Waals surface area contributed by atoms with E-state index in [2.05, 4.69) is 27.0 Å². The number of methoxy groups -OCH3 is 2. The quantitative estimate of drug-likeness (QED) is 0.114. The Balaban J connectivity index is 1.09. The smallest absolute Gasteiger partial charge is 0.119 e. The second kappa shape index (κ2) is 16.3. The number of ether oxygens (including phenoxy) is 4. The normalized spacial score (nSPS) is 11.1. The zero-order valence-electron chi connectivity index (χ0n) is 25.6. The lowest BCUT2D eigenvalue weighted by Gasteiger charge is -2.25. The Hall–Kier alpha value is -5.56. The number of anilines is 1. The number of para-hydroxylation sites is 1. The van der Waals surface area contributed by atoms with Crippen LogP contribution in [0.2, 0.25) is 0 Å². The molecular weight excluding hydrogens is 562 g/mol. The predicted octanol–water partition coefficient (Wildman–Crippen LogP) is 8.17. The molecule has 0 spiro atoms. The fraction of sp³-hybridized carbons (Fsp3) is 0.158. The third-order valence-corrected chi connectivity index (χ3v) is 7.01. The van der Waals surface area contributed by atoms with E-state index in [0.29, 0.717) is 13.2 Å². The van der Waals surface area contributed by atoms with Crippen molar-refractivity contribution < 1.29 is 18.9 Å². The van der Waals surface area contributed by atoms with Crippen LogP contribution in [-0.2, 0) is 0 Å². The van der Waals surface area contributed by atoms with Crippen molar-refractivity contribution in [3.8, 4) is 23.0 Å². The molecule has 5 aromatic rings. The molecule has 45 heavy (non-hydrogen) atoms. The van der Waals surface area contributed by atoms with Gasteiger partial charge in [-0.3, -0.25) is 9.98 Å². The number of nitrogens with zero attached hydrogens (tertiary/aromatic N) is 3. The predicted molar refractivity (Wildman–Crippen MR) is 183 cm³/mol. The summed E-state index contributed by atoms with van der Waals surface area (Å²) in [4.78, 5) is 11.3. The summed E-state index contributed by atoms with van der Waals surface area (Å²) < 4.78 is 22.6. The van der Waals surface area contributed by atoms with E-state index in [1.807, 2.05) is 128 Å². The summed E-state index contributed by atoms with van der Waals surface area (Å²) >= 11 is 0. The average Bonchev–Trinajstić information content (AvgIpc) is 3.11. The second-order valence-electron chi connectivity index (χ2n) is 10.1. The monoisotopic (exact) mass is 599 g/mol. The first-order valence-corrected chi connectivity index (χ1v) is 14.8. The van der Waals surface area contributed by atoms with Crippen LogP contribution in [0.4, 0.5) is 17.1 Å². The summed E-state index contributed by atoms with van der Waals surface area (Å²) in [5.74, 6) is 3.26. The molecule has 0 aromatic heterocycles. The molecule has 0 amide bonds. The van der Waals surface area contributed by atoms with Gasteiger partial charge in [0.1, 0.15) is 36.2 Å². The molecule has 228 valence electrons. The molecule has 0 aliphatic carbocycles. The summed E-state index contributed by atoms with van der Waals surface area (Å²) in [5.41, 5.74) is 4.86. The molecule has 0 N–H and O–H groups in total. The van der Waals surface area contributed by atoms with Gasteiger partial charge in [-0.25, -0.2) is 0 Å². The fourth-order valence-electron chi connectivity index (χ4n) is 4.49. The van der Waals surface area contributed by atoms with Crippen LogP contribution in [0.25, 0.3) is 0 Å². The summed E-state index contributed by atoms with van der Waals surface area (Å²) in [7, 11) is 3.31. The van der Waals surface area contributed by atoms with E-state index in [1.165, 1.54) is 0 Å². The van der Waals surface area contributed by atoms with Crippen molar-refractivity contribution in [1.29, 1.82) is 0 Å². The van der Waals surface area contributed by atoms with Gasteiger partial charge < -0.3 is 23.8 Å². The number of hydrogen-bond donors (Lipinski definition) is 0. The molecule has 0 unspecified atom stereocenters. The van der Waals surface area contributed by atoms with Gasteiger partial charge in [-0.15, -0.1) is 0 Å². The molecule has 0 saturated carbocycles. The van der Waals surface area contributed by atoms with E-state index >= 15 is 0 Å². The first-order chi connectivity index (χ1) is 22.2. The maximum Gasteiger partial charge on any atom is 0.119 e. The molecule has 0 fully saturated rings. The van der Waals surface area contributed by atoms with Crippen molar-refractivity contribution in [2.24, 2.45) is 9.98 Å². The standard InChI is InChI=1S/C38H37N3O4/c1-42-35-20-12-32(13-21-35)39-28-30-8-16-37(17-9-30)44-26-24-41(34-6-4-3-5-7-34)25-27-45-38-18-10-31(11-19-38)29-40-33-14-22-36(43-2)23-15-33/h3-23,28-29H,24-27H2,1-2H3. The first-order valence-electron chi connectivity index (χ1n) is 14.8. The average molecular weight is 600 g/mol. The molecule has 7 nitrogen and oxygen atoms in total.